The van der Waals surface area contributed by atoms with Gasteiger partial charge in [0.05, 0.1) is 23.6 Å². The fourth-order valence-electron chi connectivity index (χ4n) is 2.74. The minimum Gasteiger partial charge on any atom is -1.00 e. The van der Waals surface area contributed by atoms with Gasteiger partial charge in [0.2, 0.25) is 10.0 Å². The molecule has 0 spiro atoms. The molecule has 29 heavy (non-hydrogen) atoms. The van der Waals surface area contributed by atoms with Crippen LogP contribution in [-0.4, -0.2) is 22.1 Å². The number of nitrogens with two attached hydrogens (primary N) is 1. The molecule has 0 saturated heterocycles. The van der Waals surface area contributed by atoms with E-state index in [-0.39, 0.29) is 17.3 Å². The van der Waals surface area contributed by atoms with Crippen LogP contribution in [0.3, 0.4) is 0 Å². The van der Waals surface area contributed by atoms with E-state index in [2.05, 4.69) is 5.32 Å². The first-order valence-corrected chi connectivity index (χ1v) is 10.5. The summed E-state index contributed by atoms with van der Waals surface area (Å²) >= 11 is 6.16. The number of sulfonamides is 1. The number of methoxy groups -OCH3 is 1. The monoisotopic (exact) mass is 455 g/mol. The van der Waals surface area contributed by atoms with E-state index in [1.165, 1.54) is 12.1 Å². The summed E-state index contributed by atoms with van der Waals surface area (Å²) in [5.74, 6) is 2.17. The molecule has 0 bridgehead atoms. The lowest BCUT2D eigenvalue weighted by Gasteiger charge is -2.05. The molecule has 3 N–H and O–H groups in total. The van der Waals surface area contributed by atoms with E-state index in [0.29, 0.717) is 17.3 Å². The lowest BCUT2D eigenvalue weighted by Crippen LogP contribution is -3.00. The molecular formula is C20H21Cl2N2O4S-. The number of furan rings is 1. The van der Waals surface area contributed by atoms with Gasteiger partial charge in [-0.1, -0.05) is 23.7 Å². The normalized spacial score (nSPS) is 11.1. The smallest absolute Gasteiger partial charge is 0.238 e. The molecule has 0 aliphatic heterocycles. The largest absolute Gasteiger partial charge is 1.00 e. The summed E-state index contributed by atoms with van der Waals surface area (Å²) in [4.78, 5) is 0.117. The third kappa shape index (κ3) is 6.22. The van der Waals surface area contributed by atoms with E-state index in [1.807, 2.05) is 24.3 Å². The fraction of sp³-hybridized carbons (Fsp3) is 0.200. The van der Waals surface area contributed by atoms with Crippen molar-refractivity contribution in [1.29, 1.82) is 0 Å². The standard InChI is InChI=1S/C20H21ClN2O4S.ClH/c1-26-20-8-4-15(12-18(20)21)19-9-5-16(27-19)13-23-11-10-14-2-6-17(7-3-14)28(22,24)25;/h2-9,12,23H,10-11,13H2,1H3,(H2,22,24,25);1H/p-1. The van der Waals surface area contributed by atoms with Crippen LogP contribution in [0.2, 0.25) is 5.02 Å². The highest BCUT2D eigenvalue weighted by Gasteiger charge is 2.09. The molecule has 0 aliphatic rings. The third-order valence-electron chi connectivity index (χ3n) is 4.24. The number of benzene rings is 2. The van der Waals surface area contributed by atoms with E-state index in [4.69, 9.17) is 25.9 Å². The summed E-state index contributed by atoms with van der Waals surface area (Å²) in [5, 5.41) is 8.93. The van der Waals surface area contributed by atoms with Crippen LogP contribution in [0.25, 0.3) is 11.3 Å². The highest BCUT2D eigenvalue weighted by atomic mass is 35.5. The highest BCUT2D eigenvalue weighted by molar-refractivity contribution is 7.89. The predicted molar refractivity (Wildman–Crippen MR) is 109 cm³/mol. The minimum absolute atomic E-state index is 0. The molecule has 3 rings (SSSR count). The molecular weight excluding hydrogens is 435 g/mol. The van der Waals surface area contributed by atoms with Crippen LogP contribution in [0, 0.1) is 0 Å². The maximum atomic E-state index is 11.3. The summed E-state index contributed by atoms with van der Waals surface area (Å²) in [6, 6.07) is 15.9. The number of primary sulfonamides is 1. The van der Waals surface area contributed by atoms with E-state index >= 15 is 0 Å². The van der Waals surface area contributed by atoms with Crippen molar-refractivity contribution >= 4 is 21.6 Å². The Labute approximate surface area is 181 Å². The Balaban J connectivity index is 0.00000300. The Morgan fingerprint density at radius 3 is 2.45 bits per heavy atom. The first kappa shape index (κ1) is 23.3. The van der Waals surface area contributed by atoms with Crippen molar-refractivity contribution in [3.05, 3.63) is 70.9 Å². The zero-order valence-corrected chi connectivity index (χ0v) is 18.0. The molecule has 9 heteroatoms. The molecule has 0 fully saturated rings. The van der Waals surface area contributed by atoms with Gasteiger partial charge in [0.25, 0.3) is 0 Å². The zero-order valence-electron chi connectivity index (χ0n) is 15.7. The van der Waals surface area contributed by atoms with Crippen LogP contribution in [-0.2, 0) is 23.0 Å². The quantitative estimate of drug-likeness (QED) is 0.484. The molecule has 0 amide bonds. The SMILES string of the molecule is COc1ccc(-c2ccc(CNCCc3ccc(S(N)(=O)=O)cc3)o2)cc1Cl.[Cl-]. The lowest BCUT2D eigenvalue weighted by atomic mass is 10.1. The molecule has 1 aromatic heterocycles. The number of nitrogens with one attached hydrogen (secondary N) is 1. The van der Waals surface area contributed by atoms with Crippen molar-refractivity contribution in [1.82, 2.24) is 5.32 Å². The average Bonchev–Trinajstić information content (AvgIpc) is 3.14. The summed E-state index contributed by atoms with van der Waals surface area (Å²) in [5.41, 5.74) is 1.90. The minimum atomic E-state index is -3.65. The number of rotatable bonds is 8. The van der Waals surface area contributed by atoms with Crippen LogP contribution in [0.5, 0.6) is 5.75 Å². The molecule has 0 radical (unpaired) electrons. The molecule has 0 unspecified atom stereocenters. The van der Waals surface area contributed by atoms with Gasteiger partial charge in [-0.2, -0.15) is 0 Å². The summed E-state index contributed by atoms with van der Waals surface area (Å²) in [6.45, 7) is 1.30. The van der Waals surface area contributed by atoms with Gasteiger partial charge in [-0.05, 0) is 61.0 Å². The second kappa shape index (κ2) is 10.1. The lowest BCUT2D eigenvalue weighted by molar-refractivity contribution is -0.00000905. The van der Waals surface area contributed by atoms with Crippen LogP contribution < -0.4 is 27.6 Å². The first-order valence-electron chi connectivity index (χ1n) is 8.62. The third-order valence-corrected chi connectivity index (χ3v) is 5.46. The topological polar surface area (TPSA) is 94.6 Å². The van der Waals surface area contributed by atoms with Crippen LogP contribution in [0.4, 0.5) is 0 Å². The maximum Gasteiger partial charge on any atom is 0.238 e. The zero-order chi connectivity index (χ0) is 20.1. The van der Waals surface area contributed by atoms with Gasteiger partial charge in [0, 0.05) is 5.56 Å². The number of ether oxygens (including phenoxy) is 1. The van der Waals surface area contributed by atoms with Gasteiger partial charge < -0.3 is 26.9 Å². The summed E-state index contributed by atoms with van der Waals surface area (Å²) < 4.78 is 33.5. The summed E-state index contributed by atoms with van der Waals surface area (Å²) in [6.07, 6.45) is 0.757. The molecule has 3 aromatic rings. The van der Waals surface area contributed by atoms with Crippen LogP contribution in [0.15, 0.2) is 63.9 Å². The van der Waals surface area contributed by atoms with Crippen molar-refractivity contribution < 1.29 is 30.0 Å². The Morgan fingerprint density at radius 1 is 1.10 bits per heavy atom. The molecule has 0 atom stereocenters. The summed E-state index contributed by atoms with van der Waals surface area (Å²) in [7, 11) is -2.08. The van der Waals surface area contributed by atoms with E-state index in [1.54, 1.807) is 25.3 Å². The van der Waals surface area contributed by atoms with E-state index < -0.39 is 10.0 Å². The Hall–Kier alpha value is -2.03. The molecule has 156 valence electrons. The van der Waals surface area contributed by atoms with Gasteiger partial charge in [-0.15, -0.1) is 0 Å². The predicted octanol–water partition coefficient (Wildman–Crippen LogP) is 0.592. The Morgan fingerprint density at radius 2 is 1.83 bits per heavy atom. The second-order valence-corrected chi connectivity index (χ2v) is 8.20. The Kier molecular flexibility index (Phi) is 8.13. The maximum absolute atomic E-state index is 11.3. The average molecular weight is 456 g/mol. The van der Waals surface area contributed by atoms with Crippen molar-refractivity contribution in [2.75, 3.05) is 13.7 Å². The van der Waals surface area contributed by atoms with E-state index in [0.717, 1.165) is 35.6 Å². The first-order chi connectivity index (χ1) is 13.4. The van der Waals surface area contributed by atoms with Gasteiger partial charge in [0.15, 0.2) is 0 Å². The molecule has 0 saturated carbocycles. The fourth-order valence-corrected chi connectivity index (χ4v) is 3.51. The van der Waals surface area contributed by atoms with Crippen molar-refractivity contribution in [2.24, 2.45) is 5.14 Å². The van der Waals surface area contributed by atoms with Gasteiger partial charge in [0.1, 0.15) is 17.3 Å². The van der Waals surface area contributed by atoms with Gasteiger partial charge >= 0.3 is 0 Å². The second-order valence-electron chi connectivity index (χ2n) is 6.23. The van der Waals surface area contributed by atoms with Crippen molar-refractivity contribution in [2.45, 2.75) is 17.9 Å². The molecule has 1 heterocycles. The Bertz CT molecular complexity index is 1050. The van der Waals surface area contributed by atoms with Crippen LogP contribution in [0.1, 0.15) is 11.3 Å². The van der Waals surface area contributed by atoms with Gasteiger partial charge in [-0.3, -0.25) is 0 Å². The van der Waals surface area contributed by atoms with Gasteiger partial charge in [-0.25, -0.2) is 13.6 Å². The van der Waals surface area contributed by atoms with E-state index in [9.17, 15) is 8.42 Å². The number of hydrogen-bond acceptors (Lipinski definition) is 5. The number of hydrogen-bond donors (Lipinski definition) is 2. The van der Waals surface area contributed by atoms with Crippen LogP contribution >= 0.6 is 11.6 Å². The highest BCUT2D eigenvalue weighted by Crippen LogP contribution is 2.31. The number of halogens is 2. The molecule has 0 aliphatic carbocycles. The van der Waals surface area contributed by atoms with Crippen molar-refractivity contribution in [3.8, 4) is 17.1 Å². The molecule has 6 nitrogen and oxygen atoms in total. The van der Waals surface area contributed by atoms with Crippen molar-refractivity contribution in [3.63, 3.8) is 0 Å². The molecule has 2 aromatic carbocycles.